The fraction of sp³-hybridized carbons (Fsp3) is 0.800. The summed E-state index contributed by atoms with van der Waals surface area (Å²) >= 11 is 7.49. The Balaban J connectivity index is -0.0000000739. The lowest BCUT2D eigenvalue weighted by Crippen LogP contribution is -2.20. The highest BCUT2D eigenvalue weighted by atomic mass is 32.2. The van der Waals surface area contributed by atoms with E-state index in [9.17, 15) is 21.4 Å². The van der Waals surface area contributed by atoms with Gasteiger partial charge in [-0.15, -0.1) is 0 Å². The number of guanidine groups is 1. The third-order valence-corrected chi connectivity index (χ3v) is 3.34. The molecule has 0 aromatic rings. The molecule has 15 heteroatoms. The van der Waals surface area contributed by atoms with Crippen LogP contribution in [0.4, 0.5) is 0 Å². The molecule has 0 rings (SSSR count). The van der Waals surface area contributed by atoms with E-state index >= 15 is 0 Å². The highest BCUT2D eigenvalue weighted by molar-refractivity contribution is 7.86. The minimum atomic E-state index is -3.99. The molecule has 0 unspecified atom stereocenters. The van der Waals surface area contributed by atoms with E-state index in [0.29, 0.717) is 24.3 Å². The molecule has 0 aliphatic carbocycles. The predicted molar refractivity (Wildman–Crippen MR) is 108 cm³/mol. The molecule has 0 aliphatic heterocycles. The average Bonchev–Trinajstić information content (AvgIpc) is 2.31. The number of nitrogens with two attached hydrogens (primary N) is 3. The van der Waals surface area contributed by atoms with E-state index in [-0.39, 0.29) is 30.7 Å². The van der Waals surface area contributed by atoms with Gasteiger partial charge < -0.3 is 21.8 Å². The molecule has 0 atom stereocenters. The molecule has 0 bridgehead atoms. The van der Waals surface area contributed by atoms with Crippen molar-refractivity contribution in [2.45, 2.75) is 27.2 Å². The summed E-state index contributed by atoms with van der Waals surface area (Å²) in [6.45, 7) is 1.53. The Morgan fingerprint density at radius 3 is 1.32 bits per heavy atom. The Kier molecular flexibility index (Phi) is 30.2. The van der Waals surface area contributed by atoms with Crippen LogP contribution in [0.5, 0.6) is 0 Å². The van der Waals surface area contributed by atoms with Crippen LogP contribution in [0.15, 0.2) is 0 Å². The summed E-state index contributed by atoms with van der Waals surface area (Å²) in [5.74, 6) is 0.286. The van der Waals surface area contributed by atoms with Gasteiger partial charge in [-0.05, 0) is 31.3 Å². The molecular formula is C10H30N5O6S4-. The van der Waals surface area contributed by atoms with Crippen molar-refractivity contribution in [3.8, 4) is 0 Å². The van der Waals surface area contributed by atoms with Crippen LogP contribution in [0.25, 0.3) is 0 Å². The van der Waals surface area contributed by atoms with Gasteiger partial charge in [0.05, 0.1) is 21.7 Å². The monoisotopic (exact) mass is 444 g/mol. The third kappa shape index (κ3) is 123. The highest BCUT2D eigenvalue weighted by Crippen LogP contribution is 1.89. The van der Waals surface area contributed by atoms with Crippen molar-refractivity contribution in [1.29, 1.82) is 10.8 Å². The number of hydrogen-bond acceptors (Lipinski definition) is 9. The van der Waals surface area contributed by atoms with Gasteiger partial charge in [-0.2, -0.15) is 33.7 Å². The van der Waals surface area contributed by atoms with Crippen LogP contribution in [0.3, 0.4) is 0 Å². The van der Waals surface area contributed by atoms with Crippen LogP contribution in [0.1, 0.15) is 27.2 Å². The number of nitrogens with one attached hydrogen (secondary N) is 2. The predicted octanol–water partition coefficient (Wildman–Crippen LogP) is -0.537. The SMILES string of the molecule is C.CC(=N)N.N=C(N)N.O=S(=O)(O)CCCS.O=S(=O)([O-])CCCS. The van der Waals surface area contributed by atoms with Gasteiger partial charge in [0, 0.05) is 5.75 Å². The van der Waals surface area contributed by atoms with Crippen molar-refractivity contribution in [3.63, 3.8) is 0 Å². The second-order valence-electron chi connectivity index (χ2n) is 3.84. The van der Waals surface area contributed by atoms with Crippen LogP contribution < -0.4 is 17.2 Å². The van der Waals surface area contributed by atoms with Crippen molar-refractivity contribution in [2.75, 3.05) is 23.0 Å². The molecule has 9 N–H and O–H groups in total. The first-order chi connectivity index (χ1) is 10.6. The van der Waals surface area contributed by atoms with Crippen molar-refractivity contribution in [1.82, 2.24) is 0 Å². The maximum absolute atomic E-state index is 9.91. The molecule has 0 amide bonds. The fourth-order valence-electron chi connectivity index (χ4n) is 0.488. The fourth-order valence-corrected chi connectivity index (χ4v) is 2.24. The van der Waals surface area contributed by atoms with E-state index in [0.717, 1.165) is 0 Å². The Bertz CT molecular complexity index is 468. The van der Waals surface area contributed by atoms with Crippen molar-refractivity contribution in [2.24, 2.45) is 17.2 Å². The Morgan fingerprint density at radius 1 is 1.00 bits per heavy atom. The van der Waals surface area contributed by atoms with Crippen LogP contribution >= 0.6 is 25.3 Å². The molecule has 0 aliphatic rings. The zero-order chi connectivity index (χ0) is 20.4. The quantitative estimate of drug-likeness (QED) is 0.113. The summed E-state index contributed by atoms with van der Waals surface area (Å²) in [5, 5.41) is 12.3. The van der Waals surface area contributed by atoms with Crippen molar-refractivity contribution < 1.29 is 25.9 Å². The van der Waals surface area contributed by atoms with Gasteiger partial charge in [0.15, 0.2) is 5.96 Å². The van der Waals surface area contributed by atoms with E-state index in [4.69, 9.17) is 21.1 Å². The van der Waals surface area contributed by atoms with Gasteiger partial charge >= 0.3 is 0 Å². The molecule has 0 spiro atoms. The topological polar surface area (TPSA) is 237 Å². The zero-order valence-electron chi connectivity index (χ0n) is 13.2. The molecule has 0 aromatic carbocycles. The van der Waals surface area contributed by atoms with E-state index < -0.39 is 20.2 Å². The van der Waals surface area contributed by atoms with Gasteiger partial charge in [-0.1, -0.05) is 7.43 Å². The Labute approximate surface area is 161 Å². The molecule has 0 radical (unpaired) electrons. The van der Waals surface area contributed by atoms with Gasteiger partial charge in [-0.25, -0.2) is 8.42 Å². The second-order valence-corrected chi connectivity index (χ2v) is 7.83. The van der Waals surface area contributed by atoms with Crippen LogP contribution in [-0.2, 0) is 20.2 Å². The van der Waals surface area contributed by atoms with Gasteiger partial charge in [0.25, 0.3) is 10.1 Å². The molecule has 0 fully saturated rings. The minimum Gasteiger partial charge on any atom is -0.748 e. The van der Waals surface area contributed by atoms with Crippen molar-refractivity contribution in [3.05, 3.63) is 0 Å². The van der Waals surface area contributed by atoms with E-state index in [1.807, 2.05) is 0 Å². The number of hydrogen-bond donors (Lipinski definition) is 8. The molecular weight excluding hydrogens is 414 g/mol. The van der Waals surface area contributed by atoms with Gasteiger partial charge in [-0.3, -0.25) is 15.4 Å². The molecule has 0 saturated heterocycles. The smallest absolute Gasteiger partial charge is 0.264 e. The number of rotatable bonds is 6. The van der Waals surface area contributed by atoms with Gasteiger partial charge in [0.2, 0.25) is 0 Å². The maximum atomic E-state index is 9.91. The lowest BCUT2D eigenvalue weighted by atomic mass is 10.6. The van der Waals surface area contributed by atoms with Crippen LogP contribution in [0, 0.1) is 10.8 Å². The summed E-state index contributed by atoms with van der Waals surface area (Å²) in [4.78, 5) is 0. The lowest BCUT2D eigenvalue weighted by Gasteiger charge is -2.02. The van der Waals surface area contributed by atoms with Crippen LogP contribution in [0.2, 0.25) is 0 Å². The average molecular weight is 445 g/mol. The summed E-state index contributed by atoms with van der Waals surface area (Å²) in [6.07, 6.45) is 0.747. The summed E-state index contributed by atoms with van der Waals surface area (Å²) < 4.78 is 57.3. The van der Waals surface area contributed by atoms with E-state index in [1.54, 1.807) is 0 Å². The van der Waals surface area contributed by atoms with Gasteiger partial charge in [0.1, 0.15) is 0 Å². The normalized spacial score (nSPS) is 9.48. The number of thiol groups is 2. The van der Waals surface area contributed by atoms with Crippen molar-refractivity contribution >= 4 is 57.3 Å². The first-order valence-electron chi connectivity index (χ1n) is 6.09. The first-order valence-corrected chi connectivity index (χ1v) is 10.5. The van der Waals surface area contributed by atoms with E-state index in [2.05, 4.69) is 36.7 Å². The largest absolute Gasteiger partial charge is 0.748 e. The second kappa shape index (κ2) is 21.3. The highest BCUT2D eigenvalue weighted by Gasteiger charge is 2.00. The Hall–Kier alpha value is -0.740. The molecule has 11 nitrogen and oxygen atoms in total. The first kappa shape index (κ1) is 35.4. The molecule has 0 heterocycles. The molecule has 0 saturated carbocycles. The third-order valence-electron chi connectivity index (χ3n) is 1.11. The summed E-state index contributed by atoms with van der Waals surface area (Å²) in [6, 6.07) is 0. The minimum absolute atomic E-state index is 0. The van der Waals surface area contributed by atoms with E-state index in [1.165, 1.54) is 6.92 Å². The lowest BCUT2D eigenvalue weighted by molar-refractivity contribution is 0.462. The maximum Gasteiger partial charge on any atom is 0.264 e. The summed E-state index contributed by atoms with van der Waals surface area (Å²) in [7, 11) is -7.72. The standard InChI is InChI=1S/2C3H8O3S2.C2H6N2.CH5N3.CH4/c2*4-8(5,6)3-1-2-7;1-2(3)4;2-1(3)4;/h2*7H,1-3H2,(H,4,5,6);1H3,(H3,3,4);(H5,2,3,4);1H4/p-1. The zero-order valence-corrected chi connectivity index (χ0v) is 16.6. The molecule has 25 heavy (non-hydrogen) atoms. The summed E-state index contributed by atoms with van der Waals surface area (Å²) in [5.41, 5.74) is 13.6. The number of amidine groups is 1. The Morgan fingerprint density at radius 2 is 1.24 bits per heavy atom. The van der Waals surface area contributed by atoms with Crippen LogP contribution in [-0.4, -0.2) is 60.7 Å². The molecule has 0 aromatic heterocycles. The molecule has 156 valence electrons.